The van der Waals surface area contributed by atoms with Gasteiger partial charge in [-0.2, -0.15) is 0 Å². The molecule has 0 aromatic rings. The van der Waals surface area contributed by atoms with Crippen LogP contribution in [0.4, 0.5) is 4.79 Å². The Labute approximate surface area is 99.4 Å². The molecule has 1 heterocycles. The van der Waals surface area contributed by atoms with E-state index in [-0.39, 0.29) is 5.24 Å². The lowest BCUT2D eigenvalue weighted by atomic mass is 9.88. The number of rotatable bonds is 2. The lowest BCUT2D eigenvalue weighted by Crippen LogP contribution is -2.54. The van der Waals surface area contributed by atoms with E-state index in [2.05, 4.69) is 0 Å². The quantitative estimate of drug-likeness (QED) is 0.756. The first-order valence-electron chi connectivity index (χ1n) is 5.85. The average molecular weight is 243 g/mol. The highest BCUT2D eigenvalue weighted by molar-refractivity contribution is 8.13. The number of hydrogen-bond acceptors (Lipinski definition) is 3. The van der Waals surface area contributed by atoms with Gasteiger partial charge in [0.2, 0.25) is 0 Å². The summed E-state index contributed by atoms with van der Waals surface area (Å²) in [5, 5.41) is 9.44. The van der Waals surface area contributed by atoms with E-state index in [1.165, 1.54) is 11.8 Å². The molecule has 2 fully saturated rings. The van der Waals surface area contributed by atoms with E-state index in [0.717, 1.165) is 31.4 Å². The molecule has 1 saturated heterocycles. The second kappa shape index (κ2) is 4.65. The van der Waals surface area contributed by atoms with Gasteiger partial charge in [0, 0.05) is 12.3 Å². The molecule has 4 nitrogen and oxygen atoms in total. The van der Waals surface area contributed by atoms with Crippen LogP contribution in [0.2, 0.25) is 0 Å². The number of carboxylic acid groups (broad SMARTS) is 1. The zero-order valence-corrected chi connectivity index (χ0v) is 10.1. The van der Waals surface area contributed by atoms with E-state index in [4.69, 9.17) is 0 Å². The third-order valence-electron chi connectivity index (χ3n) is 3.61. The zero-order chi connectivity index (χ0) is 11.6. The maximum absolute atomic E-state index is 11.7. The van der Waals surface area contributed by atoms with Crippen LogP contribution >= 0.6 is 11.8 Å². The molecule has 1 aliphatic carbocycles. The monoisotopic (exact) mass is 243 g/mol. The predicted molar refractivity (Wildman–Crippen MR) is 62.6 cm³/mol. The van der Waals surface area contributed by atoms with Crippen LogP contribution in [-0.4, -0.2) is 39.1 Å². The van der Waals surface area contributed by atoms with Gasteiger partial charge >= 0.3 is 5.97 Å². The van der Waals surface area contributed by atoms with E-state index in [1.54, 1.807) is 4.90 Å². The SMILES string of the molecule is O=C1SCCN1C1(C(=O)O)CCCCCC1. The van der Waals surface area contributed by atoms with Crippen LogP contribution in [0.1, 0.15) is 38.5 Å². The fourth-order valence-electron chi connectivity index (χ4n) is 2.69. The van der Waals surface area contributed by atoms with Gasteiger partial charge in [-0.05, 0) is 12.8 Å². The van der Waals surface area contributed by atoms with E-state index >= 15 is 0 Å². The molecule has 1 N–H and O–H groups in total. The number of nitrogens with zero attached hydrogens (tertiary/aromatic N) is 1. The number of aliphatic carboxylic acids is 1. The molecular formula is C11H17NO3S. The van der Waals surface area contributed by atoms with Crippen molar-refractivity contribution in [1.82, 2.24) is 4.90 Å². The molecule has 0 aromatic carbocycles. The van der Waals surface area contributed by atoms with Crippen molar-refractivity contribution in [1.29, 1.82) is 0 Å². The second-order valence-electron chi connectivity index (χ2n) is 4.52. The van der Waals surface area contributed by atoms with Crippen LogP contribution in [0.3, 0.4) is 0 Å². The molecule has 0 atom stereocenters. The minimum Gasteiger partial charge on any atom is -0.479 e. The molecule has 0 radical (unpaired) electrons. The largest absolute Gasteiger partial charge is 0.479 e. The van der Waals surface area contributed by atoms with Crippen molar-refractivity contribution in [3.05, 3.63) is 0 Å². The molecule has 5 heteroatoms. The fourth-order valence-corrected chi connectivity index (χ4v) is 3.57. The van der Waals surface area contributed by atoms with E-state index < -0.39 is 11.5 Å². The molecule has 0 unspecified atom stereocenters. The molecule has 1 aliphatic heterocycles. The Balaban J connectivity index is 2.25. The summed E-state index contributed by atoms with van der Waals surface area (Å²) in [5.41, 5.74) is -0.906. The van der Waals surface area contributed by atoms with Gasteiger partial charge in [0.25, 0.3) is 5.24 Å². The van der Waals surface area contributed by atoms with Crippen molar-refractivity contribution in [2.75, 3.05) is 12.3 Å². The van der Waals surface area contributed by atoms with E-state index in [0.29, 0.717) is 19.4 Å². The highest BCUT2D eigenvalue weighted by atomic mass is 32.2. The smallest absolute Gasteiger partial charge is 0.329 e. The summed E-state index contributed by atoms with van der Waals surface area (Å²) in [4.78, 5) is 24.9. The highest BCUT2D eigenvalue weighted by Crippen LogP contribution is 2.37. The topological polar surface area (TPSA) is 57.6 Å². The van der Waals surface area contributed by atoms with Gasteiger partial charge < -0.3 is 10.0 Å². The molecule has 1 saturated carbocycles. The Morgan fingerprint density at radius 3 is 2.31 bits per heavy atom. The van der Waals surface area contributed by atoms with Crippen LogP contribution in [0, 0.1) is 0 Å². The van der Waals surface area contributed by atoms with E-state index in [9.17, 15) is 14.7 Å². The van der Waals surface area contributed by atoms with Gasteiger partial charge in [0.15, 0.2) is 0 Å². The third-order valence-corrected chi connectivity index (χ3v) is 4.46. The van der Waals surface area contributed by atoms with Gasteiger partial charge in [-0.15, -0.1) is 0 Å². The van der Waals surface area contributed by atoms with Gasteiger partial charge in [0.05, 0.1) is 0 Å². The van der Waals surface area contributed by atoms with Crippen molar-refractivity contribution in [3.63, 3.8) is 0 Å². The van der Waals surface area contributed by atoms with E-state index in [1.807, 2.05) is 0 Å². The van der Waals surface area contributed by atoms with Crippen LogP contribution in [-0.2, 0) is 4.79 Å². The van der Waals surface area contributed by atoms with Crippen molar-refractivity contribution in [2.24, 2.45) is 0 Å². The van der Waals surface area contributed by atoms with Crippen LogP contribution < -0.4 is 0 Å². The lowest BCUT2D eigenvalue weighted by molar-refractivity contribution is -0.150. The van der Waals surface area contributed by atoms with Crippen molar-refractivity contribution in [2.45, 2.75) is 44.1 Å². The van der Waals surface area contributed by atoms with Crippen LogP contribution in [0.5, 0.6) is 0 Å². The van der Waals surface area contributed by atoms with Gasteiger partial charge in [-0.25, -0.2) is 4.79 Å². The van der Waals surface area contributed by atoms with Gasteiger partial charge in [-0.1, -0.05) is 37.4 Å². The first-order valence-corrected chi connectivity index (χ1v) is 6.83. The van der Waals surface area contributed by atoms with Crippen molar-refractivity contribution >= 4 is 23.0 Å². The average Bonchev–Trinajstić information content (AvgIpc) is 2.55. The summed E-state index contributed by atoms with van der Waals surface area (Å²) in [6, 6.07) is 0. The Morgan fingerprint density at radius 2 is 1.88 bits per heavy atom. The molecule has 0 spiro atoms. The Bertz CT molecular complexity index is 298. The number of carboxylic acids is 1. The molecule has 90 valence electrons. The summed E-state index contributed by atoms with van der Waals surface area (Å²) in [6.07, 6.45) is 5.25. The predicted octanol–water partition coefficient (Wildman–Crippen LogP) is 2.33. The van der Waals surface area contributed by atoms with Crippen molar-refractivity contribution in [3.8, 4) is 0 Å². The maximum Gasteiger partial charge on any atom is 0.329 e. The number of thioether (sulfide) groups is 1. The summed E-state index contributed by atoms with van der Waals surface area (Å²) in [6.45, 7) is 0.593. The normalized spacial score (nSPS) is 25.5. The number of hydrogen-bond donors (Lipinski definition) is 1. The summed E-state index contributed by atoms with van der Waals surface area (Å²) >= 11 is 1.25. The van der Waals surface area contributed by atoms with Gasteiger partial charge in [0.1, 0.15) is 5.54 Å². The van der Waals surface area contributed by atoms with Crippen LogP contribution in [0.15, 0.2) is 0 Å². The number of carbonyl (C=O) groups excluding carboxylic acids is 1. The lowest BCUT2D eigenvalue weighted by Gasteiger charge is -2.37. The number of amides is 1. The molecule has 2 aliphatic rings. The minimum atomic E-state index is -0.906. The molecule has 1 amide bonds. The summed E-state index contributed by atoms with van der Waals surface area (Å²) < 4.78 is 0. The van der Waals surface area contributed by atoms with Crippen molar-refractivity contribution < 1.29 is 14.7 Å². The molecular weight excluding hydrogens is 226 g/mol. The highest BCUT2D eigenvalue weighted by Gasteiger charge is 2.48. The second-order valence-corrected chi connectivity index (χ2v) is 5.56. The first-order chi connectivity index (χ1) is 7.67. The Kier molecular flexibility index (Phi) is 3.42. The summed E-state index contributed by atoms with van der Waals surface area (Å²) in [7, 11) is 0. The molecule has 2 rings (SSSR count). The maximum atomic E-state index is 11.7. The molecule has 0 aromatic heterocycles. The Morgan fingerprint density at radius 1 is 1.25 bits per heavy atom. The molecule has 0 bridgehead atoms. The zero-order valence-electron chi connectivity index (χ0n) is 9.28. The first kappa shape index (κ1) is 11.8. The third kappa shape index (κ3) is 1.93. The molecule has 16 heavy (non-hydrogen) atoms. The van der Waals surface area contributed by atoms with Gasteiger partial charge in [-0.3, -0.25) is 4.79 Å². The van der Waals surface area contributed by atoms with Crippen LogP contribution in [0.25, 0.3) is 0 Å². The standard InChI is InChI=1S/C11H17NO3S/c13-9(14)11(5-3-1-2-4-6-11)12-7-8-16-10(12)15/h1-8H2,(H,13,14). The Hall–Kier alpha value is -0.710. The number of carbonyl (C=O) groups is 2. The minimum absolute atomic E-state index is 0.0516. The summed E-state index contributed by atoms with van der Waals surface area (Å²) in [5.74, 6) is -0.0846. The fraction of sp³-hybridized carbons (Fsp3) is 0.818.